The molecule has 0 aromatic heterocycles. The highest BCUT2D eigenvalue weighted by molar-refractivity contribution is 7.47. The van der Waals surface area contributed by atoms with Gasteiger partial charge in [-0.1, -0.05) is 299 Å². The summed E-state index contributed by atoms with van der Waals surface area (Å²) in [5, 5.41) is 10.6. The van der Waals surface area contributed by atoms with E-state index in [1.807, 2.05) is 0 Å². The third-order valence-corrected chi connectivity index (χ3v) is 18.0. The molecule has 89 heavy (non-hydrogen) atoms. The molecule has 2 unspecified atom stereocenters. The van der Waals surface area contributed by atoms with Gasteiger partial charge in [-0.15, -0.1) is 0 Å². The summed E-state index contributed by atoms with van der Waals surface area (Å²) in [5.41, 5.74) is 0. The summed E-state index contributed by atoms with van der Waals surface area (Å²) in [6, 6.07) is 0. The summed E-state index contributed by atoms with van der Waals surface area (Å²) >= 11 is 0. The van der Waals surface area contributed by atoms with E-state index in [-0.39, 0.29) is 25.7 Å². The van der Waals surface area contributed by atoms with Crippen molar-refractivity contribution in [1.29, 1.82) is 0 Å². The molecule has 0 aromatic carbocycles. The van der Waals surface area contributed by atoms with Crippen molar-refractivity contribution < 1.29 is 80.2 Å². The van der Waals surface area contributed by atoms with Crippen molar-refractivity contribution in [2.45, 2.75) is 369 Å². The standard InChI is InChI=1S/C70H136O17P2/c1-8-9-10-11-12-13-14-15-16-19-24-29-37-44-51-67(72)80-57-65(86-69(74)53-46-39-30-25-20-17-18-22-27-34-41-48-61(2)3)59-84-88(76,77)82-55-64(71)56-83-89(78,79)85-60-66(58-81-68(73)52-45-38-33-32-36-43-50-63(6)7)87-70(75)54-47-40-31-26-21-23-28-35-42-49-62(4)5/h61-66,71H,8-60H2,1-7H3,(H,76,77)(H,78,79)/t64-,65-,66-/m1/s1. The summed E-state index contributed by atoms with van der Waals surface area (Å²) in [6.45, 7) is 11.7. The molecule has 0 bridgehead atoms. The van der Waals surface area contributed by atoms with Crippen LogP contribution in [0.25, 0.3) is 0 Å². The zero-order valence-electron chi connectivity index (χ0n) is 57.9. The second kappa shape index (κ2) is 61.0. The van der Waals surface area contributed by atoms with E-state index < -0.39 is 97.5 Å². The fraction of sp³-hybridized carbons (Fsp3) is 0.943. The lowest BCUT2D eigenvalue weighted by atomic mass is 10.0. The summed E-state index contributed by atoms with van der Waals surface area (Å²) in [4.78, 5) is 72.5. The summed E-state index contributed by atoms with van der Waals surface area (Å²) in [5.74, 6) is 0.0534. The molecule has 0 rings (SSSR count). The van der Waals surface area contributed by atoms with E-state index in [9.17, 15) is 43.2 Å². The highest BCUT2D eigenvalue weighted by Crippen LogP contribution is 2.45. The van der Waals surface area contributed by atoms with Crippen molar-refractivity contribution in [2.24, 2.45) is 17.8 Å². The quantitative estimate of drug-likeness (QED) is 0.0222. The fourth-order valence-electron chi connectivity index (χ4n) is 10.5. The van der Waals surface area contributed by atoms with Gasteiger partial charge in [0.1, 0.15) is 19.3 Å². The second-order valence-electron chi connectivity index (χ2n) is 26.7. The van der Waals surface area contributed by atoms with Gasteiger partial charge >= 0.3 is 39.5 Å². The van der Waals surface area contributed by atoms with Crippen molar-refractivity contribution in [2.75, 3.05) is 39.6 Å². The molecule has 17 nitrogen and oxygen atoms in total. The Morgan fingerprint density at radius 3 is 0.764 bits per heavy atom. The predicted molar refractivity (Wildman–Crippen MR) is 358 cm³/mol. The molecule has 0 radical (unpaired) electrons. The number of ether oxygens (including phenoxy) is 4. The largest absolute Gasteiger partial charge is 0.472 e. The van der Waals surface area contributed by atoms with E-state index in [0.717, 1.165) is 108 Å². The van der Waals surface area contributed by atoms with Crippen LogP contribution in [-0.4, -0.2) is 96.7 Å². The van der Waals surface area contributed by atoms with Gasteiger partial charge in [0.05, 0.1) is 26.4 Å². The van der Waals surface area contributed by atoms with Crippen LogP contribution in [0.2, 0.25) is 0 Å². The van der Waals surface area contributed by atoms with Gasteiger partial charge in [-0.3, -0.25) is 37.3 Å². The molecule has 0 aromatic rings. The molecule has 19 heteroatoms. The van der Waals surface area contributed by atoms with Gasteiger partial charge in [0, 0.05) is 25.7 Å². The zero-order chi connectivity index (χ0) is 65.9. The first-order valence-electron chi connectivity index (χ1n) is 36.3. The number of phosphoric ester groups is 2. The van der Waals surface area contributed by atoms with Gasteiger partial charge in [-0.2, -0.15) is 0 Å². The molecule has 5 atom stereocenters. The third-order valence-electron chi connectivity index (χ3n) is 16.1. The Balaban J connectivity index is 5.25. The van der Waals surface area contributed by atoms with Crippen LogP contribution in [0.15, 0.2) is 0 Å². The lowest BCUT2D eigenvalue weighted by molar-refractivity contribution is -0.161. The topological polar surface area (TPSA) is 237 Å². The van der Waals surface area contributed by atoms with Crippen LogP contribution in [0, 0.1) is 17.8 Å². The van der Waals surface area contributed by atoms with Gasteiger partial charge in [-0.25, -0.2) is 9.13 Å². The molecule has 528 valence electrons. The number of unbranched alkanes of at least 4 members (excludes halogenated alkanes) is 36. The van der Waals surface area contributed by atoms with Gasteiger partial charge in [-0.05, 0) is 43.4 Å². The van der Waals surface area contributed by atoms with Crippen molar-refractivity contribution >= 4 is 39.5 Å². The van der Waals surface area contributed by atoms with Crippen LogP contribution >= 0.6 is 15.6 Å². The minimum atomic E-state index is -4.95. The van der Waals surface area contributed by atoms with Crippen LogP contribution in [0.3, 0.4) is 0 Å². The minimum Gasteiger partial charge on any atom is -0.462 e. The molecular formula is C70H136O17P2. The van der Waals surface area contributed by atoms with Gasteiger partial charge < -0.3 is 33.8 Å². The molecular weight excluding hydrogens is 1170 g/mol. The van der Waals surface area contributed by atoms with Crippen LogP contribution in [0.1, 0.15) is 350 Å². The lowest BCUT2D eigenvalue weighted by Gasteiger charge is -2.21. The summed E-state index contributed by atoms with van der Waals surface area (Å²) in [6.07, 6.45) is 44.5. The first-order chi connectivity index (χ1) is 42.7. The van der Waals surface area contributed by atoms with E-state index in [1.54, 1.807) is 0 Å². The third kappa shape index (κ3) is 64.6. The average Bonchev–Trinajstić information content (AvgIpc) is 3.70. The average molecular weight is 1310 g/mol. The van der Waals surface area contributed by atoms with Crippen molar-refractivity contribution in [1.82, 2.24) is 0 Å². The van der Waals surface area contributed by atoms with E-state index >= 15 is 0 Å². The zero-order valence-corrected chi connectivity index (χ0v) is 59.7. The number of aliphatic hydroxyl groups excluding tert-OH is 1. The smallest absolute Gasteiger partial charge is 0.462 e. The van der Waals surface area contributed by atoms with Gasteiger partial charge in [0.25, 0.3) is 0 Å². The van der Waals surface area contributed by atoms with E-state index in [4.69, 9.17) is 37.0 Å². The molecule has 0 saturated heterocycles. The van der Waals surface area contributed by atoms with E-state index in [0.29, 0.717) is 31.6 Å². The van der Waals surface area contributed by atoms with Gasteiger partial charge in [0.15, 0.2) is 12.2 Å². The highest BCUT2D eigenvalue weighted by atomic mass is 31.2. The van der Waals surface area contributed by atoms with Crippen LogP contribution < -0.4 is 0 Å². The maximum absolute atomic E-state index is 13.0. The van der Waals surface area contributed by atoms with E-state index in [1.165, 1.54) is 154 Å². The Hall–Kier alpha value is -1.94. The van der Waals surface area contributed by atoms with Gasteiger partial charge in [0.2, 0.25) is 0 Å². The molecule has 0 aliphatic heterocycles. The molecule has 3 N–H and O–H groups in total. The van der Waals surface area contributed by atoms with Crippen molar-refractivity contribution in [3.05, 3.63) is 0 Å². The number of hydrogen-bond acceptors (Lipinski definition) is 15. The number of esters is 4. The SMILES string of the molecule is CCCCCCCCCCCCCCCCC(=O)OC[C@H](COP(=O)(O)OC[C@@H](O)COP(=O)(O)OC[C@@H](COC(=O)CCCCCCCCC(C)C)OC(=O)CCCCCCCCCCCC(C)C)OC(=O)CCCCCCCCCCCCCC(C)C. The van der Waals surface area contributed by atoms with Crippen molar-refractivity contribution in [3.63, 3.8) is 0 Å². The Morgan fingerprint density at radius 1 is 0.303 bits per heavy atom. The Bertz CT molecular complexity index is 1750. The fourth-order valence-corrected chi connectivity index (χ4v) is 12.1. The predicted octanol–water partition coefficient (Wildman–Crippen LogP) is 19.8. The molecule has 0 saturated carbocycles. The second-order valence-corrected chi connectivity index (χ2v) is 29.6. The Labute approximate surface area is 543 Å². The highest BCUT2D eigenvalue weighted by Gasteiger charge is 2.30. The molecule has 0 aliphatic rings. The Morgan fingerprint density at radius 2 is 0.517 bits per heavy atom. The summed E-state index contributed by atoms with van der Waals surface area (Å²) < 4.78 is 68.3. The molecule has 0 heterocycles. The molecule has 0 spiro atoms. The molecule has 0 aliphatic carbocycles. The number of carbonyl (C=O) groups is 4. The Kier molecular flexibility index (Phi) is 59.6. The number of hydrogen-bond donors (Lipinski definition) is 3. The van der Waals surface area contributed by atoms with E-state index in [2.05, 4.69) is 48.5 Å². The number of phosphoric acid groups is 2. The normalized spacial score (nSPS) is 14.2. The first kappa shape index (κ1) is 87.1. The molecule has 0 amide bonds. The monoisotopic (exact) mass is 1310 g/mol. The lowest BCUT2D eigenvalue weighted by Crippen LogP contribution is -2.30. The van der Waals surface area contributed by atoms with Crippen LogP contribution in [0.5, 0.6) is 0 Å². The number of aliphatic hydroxyl groups is 1. The maximum Gasteiger partial charge on any atom is 0.472 e. The van der Waals surface area contributed by atoms with Crippen LogP contribution in [-0.2, 0) is 65.4 Å². The maximum atomic E-state index is 13.0. The van der Waals surface area contributed by atoms with Crippen molar-refractivity contribution in [3.8, 4) is 0 Å². The number of rotatable bonds is 68. The van der Waals surface area contributed by atoms with Crippen LogP contribution in [0.4, 0.5) is 0 Å². The minimum absolute atomic E-state index is 0.104. The number of carbonyl (C=O) groups excluding carboxylic acids is 4. The summed E-state index contributed by atoms with van der Waals surface area (Å²) in [7, 11) is -9.90. The molecule has 0 fully saturated rings. The first-order valence-corrected chi connectivity index (χ1v) is 39.3.